The second-order valence-electron chi connectivity index (χ2n) is 5.35. The fourth-order valence-corrected chi connectivity index (χ4v) is 3.53. The number of piperidine rings is 1. The van der Waals surface area contributed by atoms with Gasteiger partial charge in [0.2, 0.25) is 0 Å². The second kappa shape index (κ2) is 5.57. The van der Waals surface area contributed by atoms with Crippen LogP contribution in [0.2, 0.25) is 0 Å². The molecule has 2 aliphatic rings. The SMILES string of the molecule is Brc1cncc(N2CCCN3CCCCC3C2)c1. The van der Waals surface area contributed by atoms with Gasteiger partial charge in [-0.3, -0.25) is 9.88 Å². The lowest BCUT2D eigenvalue weighted by atomic mass is 10.0. The van der Waals surface area contributed by atoms with Gasteiger partial charge in [-0.25, -0.2) is 0 Å². The number of fused-ring (bicyclic) bond motifs is 1. The minimum atomic E-state index is 0.750. The maximum absolute atomic E-state index is 4.29. The third kappa shape index (κ3) is 2.69. The molecule has 2 fully saturated rings. The number of anilines is 1. The minimum absolute atomic E-state index is 0.750. The Hall–Kier alpha value is -0.610. The molecule has 0 saturated carbocycles. The van der Waals surface area contributed by atoms with E-state index in [1.54, 1.807) is 0 Å². The van der Waals surface area contributed by atoms with Gasteiger partial charge in [-0.1, -0.05) is 6.42 Å². The first-order valence-electron chi connectivity index (χ1n) is 6.92. The Morgan fingerprint density at radius 2 is 2.00 bits per heavy atom. The van der Waals surface area contributed by atoms with Crippen LogP contribution in [-0.4, -0.2) is 42.1 Å². The molecule has 0 amide bonds. The van der Waals surface area contributed by atoms with E-state index in [1.165, 1.54) is 44.5 Å². The summed E-state index contributed by atoms with van der Waals surface area (Å²) >= 11 is 3.52. The highest BCUT2D eigenvalue weighted by atomic mass is 79.9. The van der Waals surface area contributed by atoms with E-state index in [1.807, 2.05) is 12.4 Å². The molecule has 0 aliphatic carbocycles. The van der Waals surface area contributed by atoms with Gasteiger partial charge in [-0.05, 0) is 47.8 Å². The Balaban J connectivity index is 1.76. The molecule has 0 N–H and O–H groups in total. The summed E-state index contributed by atoms with van der Waals surface area (Å²) in [6.45, 7) is 4.89. The van der Waals surface area contributed by atoms with Gasteiger partial charge in [-0.2, -0.15) is 0 Å². The van der Waals surface area contributed by atoms with Crippen molar-refractivity contribution in [3.05, 3.63) is 22.9 Å². The van der Waals surface area contributed by atoms with Crippen molar-refractivity contribution < 1.29 is 0 Å². The number of nitrogens with zero attached hydrogens (tertiary/aromatic N) is 3. The summed E-state index contributed by atoms with van der Waals surface area (Å²) in [5.74, 6) is 0. The van der Waals surface area contributed by atoms with Crippen LogP contribution in [-0.2, 0) is 0 Å². The largest absolute Gasteiger partial charge is 0.369 e. The smallest absolute Gasteiger partial charge is 0.0564 e. The van der Waals surface area contributed by atoms with Crippen molar-refractivity contribution in [1.82, 2.24) is 9.88 Å². The Bertz CT molecular complexity index is 410. The molecule has 3 heterocycles. The van der Waals surface area contributed by atoms with E-state index in [-0.39, 0.29) is 0 Å². The number of hydrogen-bond donors (Lipinski definition) is 0. The van der Waals surface area contributed by atoms with Gasteiger partial charge in [0.25, 0.3) is 0 Å². The van der Waals surface area contributed by atoms with E-state index in [0.717, 1.165) is 23.6 Å². The van der Waals surface area contributed by atoms with Crippen LogP contribution in [0.3, 0.4) is 0 Å². The minimum Gasteiger partial charge on any atom is -0.369 e. The van der Waals surface area contributed by atoms with Crippen molar-refractivity contribution in [3.8, 4) is 0 Å². The second-order valence-corrected chi connectivity index (χ2v) is 6.26. The molecule has 3 nitrogen and oxygen atoms in total. The van der Waals surface area contributed by atoms with Crippen molar-refractivity contribution in [3.63, 3.8) is 0 Å². The first-order chi connectivity index (χ1) is 8.83. The zero-order valence-corrected chi connectivity index (χ0v) is 12.3. The molecule has 1 aromatic rings. The molecule has 0 bridgehead atoms. The highest BCUT2D eigenvalue weighted by Gasteiger charge is 2.27. The average Bonchev–Trinajstić information content (AvgIpc) is 2.60. The van der Waals surface area contributed by atoms with Crippen LogP contribution >= 0.6 is 15.9 Å². The van der Waals surface area contributed by atoms with Gasteiger partial charge in [0.05, 0.1) is 11.9 Å². The normalized spacial score (nSPS) is 25.6. The number of halogens is 1. The molecule has 1 unspecified atom stereocenters. The molecule has 1 aromatic heterocycles. The monoisotopic (exact) mass is 309 g/mol. The summed E-state index contributed by atoms with van der Waals surface area (Å²) in [6.07, 6.45) is 9.25. The molecule has 0 spiro atoms. The van der Waals surface area contributed by atoms with Gasteiger partial charge in [0.15, 0.2) is 0 Å². The molecule has 0 radical (unpaired) electrons. The summed E-state index contributed by atoms with van der Waals surface area (Å²) < 4.78 is 1.07. The fraction of sp³-hybridized carbons (Fsp3) is 0.643. The summed E-state index contributed by atoms with van der Waals surface area (Å²) in [6, 6.07) is 2.94. The number of hydrogen-bond acceptors (Lipinski definition) is 3. The predicted molar refractivity (Wildman–Crippen MR) is 78.0 cm³/mol. The lowest BCUT2D eigenvalue weighted by molar-refractivity contribution is 0.162. The molecule has 2 saturated heterocycles. The maximum Gasteiger partial charge on any atom is 0.0564 e. The zero-order chi connectivity index (χ0) is 12.4. The van der Waals surface area contributed by atoms with Crippen molar-refractivity contribution in [2.75, 3.05) is 31.1 Å². The average molecular weight is 310 g/mol. The van der Waals surface area contributed by atoms with Crippen LogP contribution in [0, 0.1) is 0 Å². The van der Waals surface area contributed by atoms with E-state index in [2.05, 4.69) is 36.8 Å². The first kappa shape index (κ1) is 12.4. The molecule has 98 valence electrons. The Morgan fingerprint density at radius 3 is 2.89 bits per heavy atom. The summed E-state index contributed by atoms with van der Waals surface area (Å²) in [5, 5.41) is 0. The summed E-state index contributed by atoms with van der Waals surface area (Å²) in [4.78, 5) is 9.49. The van der Waals surface area contributed by atoms with Gasteiger partial charge in [0, 0.05) is 36.3 Å². The van der Waals surface area contributed by atoms with Gasteiger partial charge in [-0.15, -0.1) is 0 Å². The van der Waals surface area contributed by atoms with Crippen LogP contribution in [0.25, 0.3) is 0 Å². The number of pyridine rings is 1. The van der Waals surface area contributed by atoms with E-state index < -0.39 is 0 Å². The highest BCUT2D eigenvalue weighted by molar-refractivity contribution is 9.10. The predicted octanol–water partition coefficient (Wildman–Crippen LogP) is 2.91. The Labute approximate surface area is 117 Å². The fourth-order valence-electron chi connectivity index (χ4n) is 3.18. The lowest BCUT2D eigenvalue weighted by Gasteiger charge is -2.35. The lowest BCUT2D eigenvalue weighted by Crippen LogP contribution is -2.44. The molecule has 1 atom stereocenters. The van der Waals surface area contributed by atoms with Gasteiger partial charge in [0.1, 0.15) is 0 Å². The van der Waals surface area contributed by atoms with E-state index in [9.17, 15) is 0 Å². The standard InChI is InChI=1S/C14H20BrN3/c15-12-8-14(10-16-9-12)18-7-3-6-17-5-2-1-4-13(17)11-18/h8-10,13H,1-7,11H2. The maximum atomic E-state index is 4.29. The van der Waals surface area contributed by atoms with Gasteiger partial charge >= 0.3 is 0 Å². The van der Waals surface area contributed by atoms with Crippen molar-refractivity contribution >= 4 is 21.6 Å². The highest BCUT2D eigenvalue weighted by Crippen LogP contribution is 2.25. The van der Waals surface area contributed by atoms with Crippen LogP contribution < -0.4 is 4.90 Å². The molecular weight excluding hydrogens is 290 g/mol. The third-order valence-corrected chi connectivity index (χ3v) is 4.54. The van der Waals surface area contributed by atoms with Crippen LogP contribution in [0.15, 0.2) is 22.9 Å². The quantitative estimate of drug-likeness (QED) is 0.795. The van der Waals surface area contributed by atoms with E-state index in [0.29, 0.717) is 0 Å². The van der Waals surface area contributed by atoms with Gasteiger partial charge < -0.3 is 4.90 Å². The first-order valence-corrected chi connectivity index (χ1v) is 7.72. The van der Waals surface area contributed by atoms with Crippen LogP contribution in [0.4, 0.5) is 5.69 Å². The third-order valence-electron chi connectivity index (χ3n) is 4.11. The molecule has 4 heteroatoms. The van der Waals surface area contributed by atoms with E-state index in [4.69, 9.17) is 0 Å². The van der Waals surface area contributed by atoms with Crippen molar-refractivity contribution in [2.45, 2.75) is 31.7 Å². The van der Waals surface area contributed by atoms with Crippen LogP contribution in [0.5, 0.6) is 0 Å². The molecule has 18 heavy (non-hydrogen) atoms. The molecular formula is C14H20BrN3. The topological polar surface area (TPSA) is 19.4 Å². The number of aromatic nitrogens is 1. The molecule has 2 aliphatic heterocycles. The summed E-state index contributed by atoms with van der Waals surface area (Å²) in [7, 11) is 0. The summed E-state index contributed by atoms with van der Waals surface area (Å²) in [5.41, 5.74) is 1.26. The van der Waals surface area contributed by atoms with Crippen LogP contribution in [0.1, 0.15) is 25.7 Å². The van der Waals surface area contributed by atoms with E-state index >= 15 is 0 Å². The Morgan fingerprint density at radius 1 is 1.11 bits per heavy atom. The zero-order valence-electron chi connectivity index (χ0n) is 10.7. The molecule has 0 aromatic carbocycles. The molecule has 3 rings (SSSR count). The van der Waals surface area contributed by atoms with Crippen molar-refractivity contribution in [2.24, 2.45) is 0 Å². The Kier molecular flexibility index (Phi) is 3.85. The van der Waals surface area contributed by atoms with Crippen molar-refractivity contribution in [1.29, 1.82) is 0 Å². The number of rotatable bonds is 1.